The van der Waals surface area contributed by atoms with E-state index in [1.54, 1.807) is 23.7 Å². The third kappa shape index (κ3) is 3.84. The number of aromatic amines is 1. The molecular formula is C18H20Cl2N4S. The molecule has 0 fully saturated rings. The van der Waals surface area contributed by atoms with Crippen LogP contribution in [-0.4, -0.2) is 21.5 Å². The quantitative estimate of drug-likeness (QED) is 0.546. The van der Waals surface area contributed by atoms with Crippen LogP contribution in [0.5, 0.6) is 0 Å². The molecule has 1 aromatic carbocycles. The smallest absolute Gasteiger partial charge is 0.186 e. The van der Waals surface area contributed by atoms with Gasteiger partial charge in [0.25, 0.3) is 0 Å². The van der Waals surface area contributed by atoms with E-state index in [1.165, 1.54) is 0 Å². The minimum atomic E-state index is 0.144. The first-order valence-corrected chi connectivity index (χ1v) is 9.76. The van der Waals surface area contributed by atoms with Crippen molar-refractivity contribution in [2.24, 2.45) is 0 Å². The fourth-order valence-corrected chi connectivity index (χ4v) is 4.32. The fraction of sp³-hybridized carbons (Fsp3) is 0.333. The van der Waals surface area contributed by atoms with Gasteiger partial charge >= 0.3 is 0 Å². The number of hydrogen-bond donors (Lipinski definition) is 1. The summed E-state index contributed by atoms with van der Waals surface area (Å²) in [4.78, 5) is 15.8. The Balaban J connectivity index is 1.98. The number of imidazole rings is 1. The number of hydrogen-bond acceptors (Lipinski definition) is 4. The van der Waals surface area contributed by atoms with E-state index in [9.17, 15) is 0 Å². The zero-order valence-electron chi connectivity index (χ0n) is 14.4. The molecule has 3 rings (SSSR count). The number of aromatic nitrogens is 3. The Morgan fingerprint density at radius 2 is 2.12 bits per heavy atom. The highest BCUT2D eigenvalue weighted by Gasteiger charge is 2.22. The first-order valence-electron chi connectivity index (χ1n) is 8.19. The number of thiazole rings is 1. The SMILES string of the molecule is CCCN(c1nc(-c2ccc(Cl)cc2Cl)c(C)s1)C(C)c1c[nH]cn1. The lowest BCUT2D eigenvalue weighted by Gasteiger charge is -2.27. The summed E-state index contributed by atoms with van der Waals surface area (Å²) >= 11 is 14.1. The summed E-state index contributed by atoms with van der Waals surface area (Å²) in [5.41, 5.74) is 2.83. The van der Waals surface area contributed by atoms with E-state index in [2.05, 4.69) is 35.6 Å². The normalized spacial score (nSPS) is 12.4. The Hall–Kier alpha value is -1.56. The van der Waals surface area contributed by atoms with Gasteiger partial charge in [0.2, 0.25) is 0 Å². The third-order valence-corrected chi connectivity index (χ3v) is 5.65. The lowest BCUT2D eigenvalue weighted by molar-refractivity contribution is 0.645. The van der Waals surface area contributed by atoms with Crippen LogP contribution in [0, 0.1) is 6.92 Å². The van der Waals surface area contributed by atoms with Crippen LogP contribution in [0.3, 0.4) is 0 Å². The fourth-order valence-electron chi connectivity index (χ4n) is 2.79. The average Bonchev–Trinajstić information content (AvgIpc) is 3.22. The second-order valence-corrected chi connectivity index (χ2v) is 7.91. The maximum absolute atomic E-state index is 6.38. The van der Waals surface area contributed by atoms with Crippen LogP contribution in [0.1, 0.15) is 36.9 Å². The zero-order valence-corrected chi connectivity index (χ0v) is 16.7. The predicted octanol–water partition coefficient (Wildman–Crippen LogP) is 6.13. The number of benzene rings is 1. The lowest BCUT2D eigenvalue weighted by Crippen LogP contribution is -2.27. The summed E-state index contributed by atoms with van der Waals surface area (Å²) in [6, 6.07) is 5.67. The van der Waals surface area contributed by atoms with Gasteiger partial charge in [0, 0.05) is 28.2 Å². The second kappa shape index (κ2) is 7.77. The summed E-state index contributed by atoms with van der Waals surface area (Å²) in [6.07, 6.45) is 4.68. The number of halogens is 2. The van der Waals surface area contributed by atoms with Crippen molar-refractivity contribution in [3.05, 3.63) is 51.3 Å². The molecule has 7 heteroatoms. The maximum Gasteiger partial charge on any atom is 0.186 e. The van der Waals surface area contributed by atoms with Crippen LogP contribution in [-0.2, 0) is 0 Å². The Labute approximate surface area is 161 Å². The second-order valence-electron chi connectivity index (χ2n) is 5.89. The highest BCUT2D eigenvalue weighted by Crippen LogP contribution is 2.38. The molecule has 1 atom stereocenters. The molecule has 25 heavy (non-hydrogen) atoms. The average molecular weight is 395 g/mol. The molecule has 0 aliphatic heterocycles. The van der Waals surface area contributed by atoms with E-state index in [4.69, 9.17) is 28.2 Å². The van der Waals surface area contributed by atoms with Gasteiger partial charge in [-0.25, -0.2) is 9.97 Å². The van der Waals surface area contributed by atoms with Gasteiger partial charge in [-0.15, -0.1) is 11.3 Å². The molecule has 0 saturated carbocycles. The van der Waals surface area contributed by atoms with E-state index in [1.807, 2.05) is 18.3 Å². The molecule has 4 nitrogen and oxygen atoms in total. The van der Waals surface area contributed by atoms with E-state index >= 15 is 0 Å². The van der Waals surface area contributed by atoms with Crippen LogP contribution >= 0.6 is 34.5 Å². The first kappa shape index (κ1) is 18.2. The lowest BCUT2D eigenvalue weighted by atomic mass is 10.1. The molecular weight excluding hydrogens is 375 g/mol. The Bertz CT molecular complexity index is 845. The van der Waals surface area contributed by atoms with Gasteiger partial charge < -0.3 is 9.88 Å². The number of nitrogens with zero attached hydrogens (tertiary/aromatic N) is 3. The van der Waals surface area contributed by atoms with Crippen molar-refractivity contribution in [2.45, 2.75) is 33.2 Å². The van der Waals surface area contributed by atoms with Crippen molar-refractivity contribution in [3.8, 4) is 11.3 Å². The Kier molecular flexibility index (Phi) is 5.67. The molecule has 0 aliphatic rings. The number of H-pyrrole nitrogens is 1. The number of anilines is 1. The molecule has 1 unspecified atom stereocenters. The van der Waals surface area contributed by atoms with Crippen molar-refractivity contribution < 1.29 is 0 Å². The molecule has 0 aliphatic carbocycles. The third-order valence-electron chi connectivity index (χ3n) is 4.10. The predicted molar refractivity (Wildman–Crippen MR) is 107 cm³/mol. The molecule has 1 N–H and O–H groups in total. The molecule has 0 amide bonds. The van der Waals surface area contributed by atoms with Crippen LogP contribution in [0.15, 0.2) is 30.7 Å². The molecule has 0 saturated heterocycles. The van der Waals surface area contributed by atoms with Gasteiger partial charge in [0.15, 0.2) is 5.13 Å². The van der Waals surface area contributed by atoms with E-state index in [-0.39, 0.29) is 6.04 Å². The molecule has 2 aromatic heterocycles. The van der Waals surface area contributed by atoms with Crippen LogP contribution in [0.4, 0.5) is 5.13 Å². The number of rotatable bonds is 6. The Morgan fingerprint density at radius 1 is 1.32 bits per heavy atom. The standard InChI is InChI=1S/C18H20Cl2N4S/c1-4-7-24(11(2)16-9-21-10-22-16)18-23-17(12(3)25-18)14-6-5-13(19)8-15(14)20/h5-6,8-11H,4,7H2,1-3H3,(H,21,22). The number of aryl methyl sites for hydroxylation is 1. The van der Waals surface area contributed by atoms with E-state index in [0.717, 1.165) is 39.9 Å². The monoisotopic (exact) mass is 394 g/mol. The maximum atomic E-state index is 6.38. The van der Waals surface area contributed by atoms with Gasteiger partial charge in [-0.1, -0.05) is 30.1 Å². The Morgan fingerprint density at radius 3 is 2.76 bits per heavy atom. The summed E-state index contributed by atoms with van der Waals surface area (Å²) in [5, 5.41) is 2.23. The van der Waals surface area contributed by atoms with Crippen LogP contribution in [0.2, 0.25) is 10.0 Å². The van der Waals surface area contributed by atoms with Gasteiger partial charge in [0.05, 0.1) is 28.8 Å². The topological polar surface area (TPSA) is 44.8 Å². The summed E-state index contributed by atoms with van der Waals surface area (Å²) in [5.74, 6) is 0. The van der Waals surface area contributed by atoms with Gasteiger partial charge in [-0.2, -0.15) is 0 Å². The highest BCUT2D eigenvalue weighted by atomic mass is 35.5. The minimum absolute atomic E-state index is 0.144. The van der Waals surface area contributed by atoms with Crippen LogP contribution < -0.4 is 4.90 Å². The summed E-state index contributed by atoms with van der Waals surface area (Å²) in [7, 11) is 0. The summed E-state index contributed by atoms with van der Waals surface area (Å²) in [6.45, 7) is 7.30. The van der Waals surface area contributed by atoms with Crippen LogP contribution in [0.25, 0.3) is 11.3 Å². The first-order chi connectivity index (χ1) is 12.0. The highest BCUT2D eigenvalue weighted by molar-refractivity contribution is 7.16. The van der Waals surface area contributed by atoms with Gasteiger partial charge in [-0.3, -0.25) is 0 Å². The van der Waals surface area contributed by atoms with Gasteiger partial charge in [-0.05, 0) is 38.5 Å². The molecule has 3 aromatic rings. The molecule has 2 heterocycles. The summed E-state index contributed by atoms with van der Waals surface area (Å²) < 4.78 is 0. The zero-order chi connectivity index (χ0) is 18.0. The van der Waals surface area contributed by atoms with Crippen molar-refractivity contribution in [2.75, 3.05) is 11.4 Å². The van der Waals surface area contributed by atoms with Crippen molar-refractivity contribution >= 4 is 39.7 Å². The van der Waals surface area contributed by atoms with Gasteiger partial charge in [0.1, 0.15) is 0 Å². The number of nitrogens with one attached hydrogen (secondary N) is 1. The van der Waals surface area contributed by atoms with Crippen molar-refractivity contribution in [3.63, 3.8) is 0 Å². The molecule has 0 spiro atoms. The largest absolute Gasteiger partial charge is 0.351 e. The van der Waals surface area contributed by atoms with E-state index < -0.39 is 0 Å². The van der Waals surface area contributed by atoms with Crippen molar-refractivity contribution in [1.82, 2.24) is 15.0 Å². The van der Waals surface area contributed by atoms with E-state index in [0.29, 0.717) is 10.0 Å². The van der Waals surface area contributed by atoms with Crippen molar-refractivity contribution in [1.29, 1.82) is 0 Å². The molecule has 0 radical (unpaired) electrons. The molecule has 132 valence electrons. The minimum Gasteiger partial charge on any atom is -0.351 e. The molecule has 0 bridgehead atoms.